The number of nitrogens with zero attached hydrogens (tertiary/aromatic N) is 1. The molecule has 18 heavy (non-hydrogen) atoms. The Hall–Kier alpha value is -1.30. The summed E-state index contributed by atoms with van der Waals surface area (Å²) in [4.78, 5) is 22.6. The van der Waals surface area contributed by atoms with Crippen LogP contribution < -0.4 is 5.84 Å². The summed E-state index contributed by atoms with van der Waals surface area (Å²) in [6.45, 7) is 5.33. The minimum absolute atomic E-state index is 0.129. The zero-order chi connectivity index (χ0) is 13.9. The summed E-state index contributed by atoms with van der Waals surface area (Å²) in [6.07, 6.45) is 1.76. The molecule has 1 aliphatic rings. The van der Waals surface area contributed by atoms with Crippen LogP contribution in [0.1, 0.15) is 46.5 Å². The lowest BCUT2D eigenvalue weighted by atomic mass is 9.86. The van der Waals surface area contributed by atoms with Gasteiger partial charge < -0.3 is 9.84 Å². The van der Waals surface area contributed by atoms with Gasteiger partial charge in [0.15, 0.2) is 0 Å². The maximum absolute atomic E-state index is 11.7. The SMILES string of the molecule is CC(C)(C)OC(=O)N(N)C1CCC(C(=O)O)CC1. The maximum Gasteiger partial charge on any atom is 0.424 e. The fourth-order valence-electron chi connectivity index (χ4n) is 2.06. The molecule has 0 aromatic rings. The van der Waals surface area contributed by atoms with Gasteiger partial charge in [0, 0.05) is 0 Å². The highest BCUT2D eigenvalue weighted by Gasteiger charge is 2.32. The number of hydrogen-bond acceptors (Lipinski definition) is 4. The van der Waals surface area contributed by atoms with E-state index in [4.69, 9.17) is 15.7 Å². The van der Waals surface area contributed by atoms with Crippen LogP contribution in [0, 0.1) is 5.92 Å². The van der Waals surface area contributed by atoms with Crippen molar-refractivity contribution < 1.29 is 19.4 Å². The van der Waals surface area contributed by atoms with E-state index in [1.165, 1.54) is 0 Å². The summed E-state index contributed by atoms with van der Waals surface area (Å²) in [5.74, 6) is 4.65. The van der Waals surface area contributed by atoms with Crippen molar-refractivity contribution in [1.29, 1.82) is 0 Å². The number of carboxylic acids is 1. The molecule has 0 saturated heterocycles. The van der Waals surface area contributed by atoms with Crippen molar-refractivity contribution in [2.45, 2.75) is 58.1 Å². The Bertz CT molecular complexity index is 317. The molecule has 6 heteroatoms. The second-order valence-electron chi connectivity index (χ2n) is 5.73. The second kappa shape index (κ2) is 5.56. The van der Waals surface area contributed by atoms with Crippen LogP contribution in [0.5, 0.6) is 0 Å². The first-order chi connectivity index (χ1) is 8.20. The Kier molecular flexibility index (Phi) is 4.56. The van der Waals surface area contributed by atoms with Crippen molar-refractivity contribution in [2.75, 3.05) is 0 Å². The molecule has 1 amide bonds. The highest BCUT2D eigenvalue weighted by Crippen LogP contribution is 2.27. The number of ether oxygens (including phenoxy) is 1. The van der Waals surface area contributed by atoms with Gasteiger partial charge >= 0.3 is 12.1 Å². The van der Waals surface area contributed by atoms with Gasteiger partial charge in [0.25, 0.3) is 0 Å². The molecule has 3 N–H and O–H groups in total. The van der Waals surface area contributed by atoms with Crippen molar-refractivity contribution >= 4 is 12.1 Å². The number of nitrogens with two attached hydrogens (primary N) is 1. The van der Waals surface area contributed by atoms with Crippen LogP contribution in [-0.4, -0.2) is 33.8 Å². The Morgan fingerprint density at radius 2 is 1.72 bits per heavy atom. The number of hydrogen-bond donors (Lipinski definition) is 2. The molecule has 1 saturated carbocycles. The van der Waals surface area contributed by atoms with E-state index in [9.17, 15) is 9.59 Å². The van der Waals surface area contributed by atoms with E-state index in [1.807, 2.05) is 0 Å². The molecule has 104 valence electrons. The van der Waals surface area contributed by atoms with Gasteiger partial charge in [-0.25, -0.2) is 15.6 Å². The monoisotopic (exact) mass is 258 g/mol. The van der Waals surface area contributed by atoms with Gasteiger partial charge in [-0.2, -0.15) is 0 Å². The van der Waals surface area contributed by atoms with E-state index in [2.05, 4.69) is 0 Å². The van der Waals surface area contributed by atoms with Crippen molar-refractivity contribution in [3.63, 3.8) is 0 Å². The van der Waals surface area contributed by atoms with Crippen LogP contribution in [0.25, 0.3) is 0 Å². The van der Waals surface area contributed by atoms with Crippen LogP contribution in [-0.2, 0) is 9.53 Å². The summed E-state index contributed by atoms with van der Waals surface area (Å²) >= 11 is 0. The van der Waals surface area contributed by atoms with Gasteiger partial charge in [-0.1, -0.05) is 0 Å². The first kappa shape index (κ1) is 14.8. The number of carboxylic acid groups (broad SMARTS) is 1. The molecule has 0 aromatic heterocycles. The van der Waals surface area contributed by atoms with Gasteiger partial charge in [-0.05, 0) is 46.5 Å². The first-order valence-electron chi connectivity index (χ1n) is 6.20. The van der Waals surface area contributed by atoms with E-state index in [0.29, 0.717) is 25.7 Å². The molecule has 0 aromatic carbocycles. The van der Waals surface area contributed by atoms with Crippen LogP contribution in [0.2, 0.25) is 0 Å². The van der Waals surface area contributed by atoms with Gasteiger partial charge in [0.05, 0.1) is 12.0 Å². The molecule has 0 atom stereocenters. The van der Waals surface area contributed by atoms with Crippen LogP contribution in [0.3, 0.4) is 0 Å². The number of carbonyl (C=O) groups is 2. The largest absolute Gasteiger partial charge is 0.481 e. The van der Waals surface area contributed by atoms with E-state index in [0.717, 1.165) is 5.01 Å². The summed E-state index contributed by atoms with van der Waals surface area (Å²) < 4.78 is 5.17. The average Bonchev–Trinajstić information content (AvgIpc) is 2.26. The number of hydrazine groups is 1. The first-order valence-corrected chi connectivity index (χ1v) is 6.20. The van der Waals surface area contributed by atoms with Crippen molar-refractivity contribution in [3.05, 3.63) is 0 Å². The van der Waals surface area contributed by atoms with Crippen molar-refractivity contribution in [3.8, 4) is 0 Å². The minimum Gasteiger partial charge on any atom is -0.481 e. The van der Waals surface area contributed by atoms with Gasteiger partial charge in [0.1, 0.15) is 5.60 Å². The zero-order valence-corrected chi connectivity index (χ0v) is 11.2. The third-order valence-corrected chi connectivity index (χ3v) is 3.04. The number of aliphatic carboxylic acids is 1. The summed E-state index contributed by atoms with van der Waals surface area (Å²) in [5.41, 5.74) is -0.576. The summed E-state index contributed by atoms with van der Waals surface area (Å²) in [6, 6.07) is -0.129. The summed E-state index contributed by atoms with van der Waals surface area (Å²) in [7, 11) is 0. The molecule has 0 spiro atoms. The molecule has 1 aliphatic carbocycles. The van der Waals surface area contributed by atoms with Gasteiger partial charge in [0.2, 0.25) is 0 Å². The number of amides is 1. The normalized spacial score (nSPS) is 24.4. The van der Waals surface area contributed by atoms with Crippen LogP contribution >= 0.6 is 0 Å². The molecule has 0 unspecified atom stereocenters. The molecular weight excluding hydrogens is 236 g/mol. The Morgan fingerprint density at radius 1 is 1.22 bits per heavy atom. The molecular formula is C12H22N2O4. The topological polar surface area (TPSA) is 92.9 Å². The minimum atomic E-state index is -0.769. The Morgan fingerprint density at radius 3 is 2.11 bits per heavy atom. The Balaban J connectivity index is 2.47. The lowest BCUT2D eigenvalue weighted by molar-refractivity contribution is -0.143. The fraction of sp³-hybridized carbons (Fsp3) is 0.833. The molecule has 1 fully saturated rings. The molecule has 0 aliphatic heterocycles. The van der Waals surface area contributed by atoms with E-state index < -0.39 is 17.7 Å². The molecule has 1 rings (SSSR count). The second-order valence-corrected chi connectivity index (χ2v) is 5.73. The van der Waals surface area contributed by atoms with Gasteiger partial charge in [-0.15, -0.1) is 0 Å². The predicted octanol–water partition coefficient (Wildman–Crippen LogP) is 1.74. The van der Waals surface area contributed by atoms with Crippen molar-refractivity contribution in [2.24, 2.45) is 11.8 Å². The van der Waals surface area contributed by atoms with Crippen molar-refractivity contribution in [1.82, 2.24) is 5.01 Å². The maximum atomic E-state index is 11.7. The van der Waals surface area contributed by atoms with Crippen LogP contribution in [0.4, 0.5) is 4.79 Å². The quantitative estimate of drug-likeness (QED) is 0.447. The smallest absolute Gasteiger partial charge is 0.424 e. The molecule has 0 radical (unpaired) electrons. The highest BCUT2D eigenvalue weighted by molar-refractivity contribution is 5.70. The zero-order valence-electron chi connectivity index (χ0n) is 11.2. The fourth-order valence-corrected chi connectivity index (χ4v) is 2.06. The number of rotatable bonds is 2. The third-order valence-electron chi connectivity index (χ3n) is 3.04. The molecule has 6 nitrogen and oxygen atoms in total. The van der Waals surface area contributed by atoms with E-state index in [1.54, 1.807) is 20.8 Å². The van der Waals surface area contributed by atoms with Crippen LogP contribution in [0.15, 0.2) is 0 Å². The average molecular weight is 258 g/mol. The molecule has 0 bridgehead atoms. The highest BCUT2D eigenvalue weighted by atomic mass is 16.6. The summed E-state index contributed by atoms with van der Waals surface area (Å²) in [5, 5.41) is 9.99. The van der Waals surface area contributed by atoms with E-state index in [-0.39, 0.29) is 12.0 Å². The van der Waals surface area contributed by atoms with Gasteiger partial charge in [-0.3, -0.25) is 4.79 Å². The lowest BCUT2D eigenvalue weighted by Crippen LogP contribution is -2.49. The van der Waals surface area contributed by atoms with E-state index >= 15 is 0 Å². The third kappa shape index (κ3) is 4.18. The standard InChI is InChI=1S/C12H22N2O4/c1-12(2,3)18-11(17)14(13)9-6-4-8(5-7-9)10(15)16/h8-9H,4-7,13H2,1-3H3,(H,15,16). The Labute approximate surface area is 107 Å². The predicted molar refractivity (Wildman–Crippen MR) is 65.6 cm³/mol. The number of carbonyl (C=O) groups excluding carboxylic acids is 1. The molecule has 0 heterocycles. The lowest BCUT2D eigenvalue weighted by Gasteiger charge is -2.33.